The molecule has 2 rings (SSSR count). The second-order valence-corrected chi connectivity index (χ2v) is 4.83. The fourth-order valence-corrected chi connectivity index (χ4v) is 1.95. The van der Waals surface area contributed by atoms with Gasteiger partial charge in [-0.05, 0) is 36.2 Å². The third-order valence-electron chi connectivity index (χ3n) is 2.88. The zero-order valence-electron chi connectivity index (χ0n) is 10.9. The minimum absolute atomic E-state index is 0.794. The highest BCUT2D eigenvalue weighted by Crippen LogP contribution is 2.09. The summed E-state index contributed by atoms with van der Waals surface area (Å²) in [5.74, 6) is 0. The smallest absolute Gasteiger partial charge is 0.0406 e. The van der Waals surface area contributed by atoms with Crippen LogP contribution in [0, 0.1) is 0 Å². The lowest BCUT2D eigenvalue weighted by Crippen LogP contribution is -2.16. The van der Waals surface area contributed by atoms with E-state index in [4.69, 9.17) is 11.6 Å². The Bertz CT molecular complexity index is 503. The van der Waals surface area contributed by atoms with E-state index in [0.29, 0.717) is 0 Å². The predicted molar refractivity (Wildman–Crippen MR) is 83.5 cm³/mol. The van der Waals surface area contributed by atoms with Gasteiger partial charge >= 0.3 is 0 Å². The third kappa shape index (κ3) is 5.29. The Morgan fingerprint density at radius 3 is 2.42 bits per heavy atom. The molecular formula is C17H18ClN. The van der Waals surface area contributed by atoms with Crippen LogP contribution in [0.4, 0.5) is 0 Å². The summed E-state index contributed by atoms with van der Waals surface area (Å²) in [4.78, 5) is 0. The average Bonchev–Trinajstić information content (AvgIpc) is 2.46. The molecule has 0 radical (unpaired) electrons. The molecule has 0 unspecified atom stereocenters. The van der Waals surface area contributed by atoms with Gasteiger partial charge in [-0.25, -0.2) is 0 Å². The highest BCUT2D eigenvalue weighted by Gasteiger charge is 1.92. The molecule has 0 atom stereocenters. The van der Waals surface area contributed by atoms with Crippen LogP contribution in [0.3, 0.4) is 0 Å². The monoisotopic (exact) mass is 271 g/mol. The second kappa shape index (κ2) is 7.78. The molecule has 2 aromatic rings. The van der Waals surface area contributed by atoms with Crippen LogP contribution in [-0.4, -0.2) is 13.1 Å². The first-order valence-corrected chi connectivity index (χ1v) is 6.89. The molecule has 0 aliphatic carbocycles. The van der Waals surface area contributed by atoms with Gasteiger partial charge in [0.25, 0.3) is 0 Å². The highest BCUT2D eigenvalue weighted by molar-refractivity contribution is 6.30. The van der Waals surface area contributed by atoms with Crippen LogP contribution in [0.5, 0.6) is 0 Å². The van der Waals surface area contributed by atoms with E-state index in [2.05, 4.69) is 41.7 Å². The molecule has 2 aromatic carbocycles. The van der Waals surface area contributed by atoms with E-state index < -0.39 is 0 Å². The van der Waals surface area contributed by atoms with Crippen molar-refractivity contribution in [3.05, 3.63) is 76.8 Å². The molecule has 98 valence electrons. The molecule has 0 aliphatic rings. The number of halogens is 1. The molecule has 0 spiro atoms. The van der Waals surface area contributed by atoms with Crippen LogP contribution in [0.25, 0.3) is 6.08 Å². The van der Waals surface area contributed by atoms with Gasteiger partial charge in [0.05, 0.1) is 0 Å². The summed E-state index contributed by atoms with van der Waals surface area (Å²) in [7, 11) is 0. The second-order valence-electron chi connectivity index (χ2n) is 4.39. The molecule has 0 amide bonds. The van der Waals surface area contributed by atoms with Crippen LogP contribution in [0.2, 0.25) is 5.02 Å². The topological polar surface area (TPSA) is 12.0 Å². The van der Waals surface area contributed by atoms with Gasteiger partial charge in [0.2, 0.25) is 0 Å². The van der Waals surface area contributed by atoms with Crippen molar-refractivity contribution in [2.24, 2.45) is 0 Å². The van der Waals surface area contributed by atoms with Crippen molar-refractivity contribution >= 4 is 17.7 Å². The molecule has 19 heavy (non-hydrogen) atoms. The number of hydrogen-bond acceptors (Lipinski definition) is 1. The molecule has 0 saturated carbocycles. The van der Waals surface area contributed by atoms with E-state index in [-0.39, 0.29) is 0 Å². The maximum absolute atomic E-state index is 5.85. The fourth-order valence-electron chi connectivity index (χ4n) is 1.83. The minimum atomic E-state index is 0.794. The fraction of sp³-hybridized carbons (Fsp3) is 0.176. The Labute approximate surface area is 119 Å². The summed E-state index contributed by atoms with van der Waals surface area (Å²) in [6.45, 7) is 1.86. The lowest BCUT2D eigenvalue weighted by Gasteiger charge is -2.02. The summed E-state index contributed by atoms with van der Waals surface area (Å²) in [5.41, 5.74) is 2.55. The number of benzene rings is 2. The molecule has 0 bridgehead atoms. The summed E-state index contributed by atoms with van der Waals surface area (Å²) in [6.07, 6.45) is 5.31. The van der Waals surface area contributed by atoms with Crippen LogP contribution >= 0.6 is 11.6 Å². The van der Waals surface area contributed by atoms with Crippen LogP contribution in [0.1, 0.15) is 11.1 Å². The standard InChI is InChI=1S/C17H18ClN/c18-17-10-8-16(9-11-17)12-14-19-13-4-7-15-5-2-1-3-6-15/h1-11,19H,12-14H2/b7-4+. The van der Waals surface area contributed by atoms with Gasteiger partial charge < -0.3 is 5.32 Å². The van der Waals surface area contributed by atoms with Gasteiger partial charge in [0.1, 0.15) is 0 Å². The van der Waals surface area contributed by atoms with E-state index >= 15 is 0 Å². The largest absolute Gasteiger partial charge is 0.313 e. The van der Waals surface area contributed by atoms with E-state index in [1.54, 1.807) is 0 Å². The van der Waals surface area contributed by atoms with Crippen LogP contribution < -0.4 is 5.32 Å². The SMILES string of the molecule is Clc1ccc(CCNC/C=C/c2ccccc2)cc1. The molecular weight excluding hydrogens is 254 g/mol. The molecule has 1 nitrogen and oxygen atoms in total. The molecule has 0 aromatic heterocycles. The van der Waals surface area contributed by atoms with Gasteiger partial charge in [0, 0.05) is 11.6 Å². The third-order valence-corrected chi connectivity index (χ3v) is 3.13. The van der Waals surface area contributed by atoms with Gasteiger partial charge in [-0.3, -0.25) is 0 Å². The Morgan fingerprint density at radius 2 is 1.68 bits per heavy atom. The highest BCUT2D eigenvalue weighted by atomic mass is 35.5. The zero-order chi connectivity index (χ0) is 13.3. The summed E-state index contributed by atoms with van der Waals surface area (Å²) >= 11 is 5.85. The predicted octanol–water partition coefficient (Wildman–Crippen LogP) is 4.19. The molecule has 0 aliphatic heterocycles. The lowest BCUT2D eigenvalue weighted by atomic mass is 10.1. The first kappa shape index (κ1) is 13.9. The van der Waals surface area contributed by atoms with Gasteiger partial charge in [0.15, 0.2) is 0 Å². The van der Waals surface area contributed by atoms with Crippen molar-refractivity contribution in [3.8, 4) is 0 Å². The Hall–Kier alpha value is -1.57. The molecule has 1 N–H and O–H groups in total. The quantitative estimate of drug-likeness (QED) is 0.777. The molecule has 0 fully saturated rings. The average molecular weight is 272 g/mol. The first-order chi connectivity index (χ1) is 9.34. The van der Waals surface area contributed by atoms with E-state index in [0.717, 1.165) is 24.5 Å². The normalized spacial score (nSPS) is 11.0. The van der Waals surface area contributed by atoms with Crippen LogP contribution in [0.15, 0.2) is 60.7 Å². The number of hydrogen-bond donors (Lipinski definition) is 1. The molecule has 0 heterocycles. The van der Waals surface area contributed by atoms with E-state index in [1.165, 1.54) is 11.1 Å². The Morgan fingerprint density at radius 1 is 0.947 bits per heavy atom. The maximum Gasteiger partial charge on any atom is 0.0406 e. The summed E-state index contributed by atoms with van der Waals surface area (Å²) in [5, 5.41) is 4.19. The Balaban J connectivity index is 1.65. The van der Waals surface area contributed by atoms with Gasteiger partial charge in [-0.1, -0.05) is 66.2 Å². The maximum atomic E-state index is 5.85. The van der Waals surface area contributed by atoms with Crippen LogP contribution in [-0.2, 0) is 6.42 Å². The van der Waals surface area contributed by atoms with Gasteiger partial charge in [-0.15, -0.1) is 0 Å². The first-order valence-electron chi connectivity index (χ1n) is 6.51. The van der Waals surface area contributed by atoms with Gasteiger partial charge in [-0.2, -0.15) is 0 Å². The minimum Gasteiger partial charge on any atom is -0.313 e. The van der Waals surface area contributed by atoms with E-state index in [9.17, 15) is 0 Å². The number of rotatable bonds is 6. The lowest BCUT2D eigenvalue weighted by molar-refractivity contribution is 0.745. The van der Waals surface area contributed by atoms with Crippen molar-refractivity contribution in [3.63, 3.8) is 0 Å². The van der Waals surface area contributed by atoms with E-state index in [1.807, 2.05) is 30.3 Å². The number of nitrogens with one attached hydrogen (secondary N) is 1. The molecule has 0 saturated heterocycles. The van der Waals surface area contributed by atoms with Crippen molar-refractivity contribution in [2.45, 2.75) is 6.42 Å². The molecule has 2 heteroatoms. The Kier molecular flexibility index (Phi) is 5.67. The van der Waals surface area contributed by atoms with Crippen molar-refractivity contribution in [1.29, 1.82) is 0 Å². The van der Waals surface area contributed by atoms with Crippen molar-refractivity contribution < 1.29 is 0 Å². The summed E-state index contributed by atoms with van der Waals surface area (Å²) in [6, 6.07) is 18.4. The summed E-state index contributed by atoms with van der Waals surface area (Å²) < 4.78 is 0. The van der Waals surface area contributed by atoms with Crippen molar-refractivity contribution in [2.75, 3.05) is 13.1 Å². The zero-order valence-corrected chi connectivity index (χ0v) is 11.6. The van der Waals surface area contributed by atoms with Crippen molar-refractivity contribution in [1.82, 2.24) is 5.32 Å².